The van der Waals surface area contributed by atoms with Crippen LogP contribution in [0.4, 0.5) is 4.79 Å². The van der Waals surface area contributed by atoms with E-state index in [0.717, 1.165) is 29.4 Å². The Hall–Kier alpha value is -2.64. The zero-order chi connectivity index (χ0) is 20.1. The summed E-state index contributed by atoms with van der Waals surface area (Å²) in [7, 11) is 3.46. The lowest BCUT2D eigenvalue weighted by atomic mass is 10.1. The molecule has 0 spiro atoms. The van der Waals surface area contributed by atoms with Crippen molar-refractivity contribution in [3.05, 3.63) is 23.3 Å². The van der Waals surface area contributed by atoms with Crippen molar-refractivity contribution in [3.63, 3.8) is 0 Å². The molecule has 8 nitrogen and oxygen atoms in total. The molecule has 2 heterocycles. The molecule has 3 rings (SSSR count). The molecule has 1 aromatic rings. The van der Waals surface area contributed by atoms with E-state index in [0.29, 0.717) is 39.3 Å². The molecule has 1 aromatic carbocycles. The first-order chi connectivity index (χ1) is 13.5. The van der Waals surface area contributed by atoms with Gasteiger partial charge in [-0.15, -0.1) is 0 Å². The number of nitrogens with one attached hydrogen (secondary N) is 1. The summed E-state index contributed by atoms with van der Waals surface area (Å²) in [5.41, 5.74) is 2.22. The normalized spacial score (nSPS) is 19.1. The van der Waals surface area contributed by atoms with Crippen LogP contribution in [0.3, 0.4) is 0 Å². The molecule has 1 fully saturated rings. The number of fused-ring (bicyclic) bond motifs is 1. The minimum absolute atomic E-state index is 0.200. The fourth-order valence-electron chi connectivity index (χ4n) is 3.63. The van der Waals surface area contributed by atoms with Crippen molar-refractivity contribution < 1.29 is 19.0 Å². The number of hydrogen-bond donors (Lipinski definition) is 1. The number of piperazine rings is 1. The molecular formula is C20H30N4O4. The van der Waals surface area contributed by atoms with Gasteiger partial charge in [-0.2, -0.15) is 0 Å². The van der Waals surface area contributed by atoms with Gasteiger partial charge in [0.1, 0.15) is 17.6 Å². The Morgan fingerprint density at radius 2 is 2.00 bits per heavy atom. The lowest BCUT2D eigenvalue weighted by Crippen LogP contribution is -2.53. The van der Waals surface area contributed by atoms with E-state index < -0.39 is 0 Å². The third-order valence-corrected chi connectivity index (χ3v) is 5.05. The fourth-order valence-corrected chi connectivity index (χ4v) is 3.63. The maximum absolute atomic E-state index is 11.9. The van der Waals surface area contributed by atoms with E-state index in [1.54, 1.807) is 19.1 Å². The van der Waals surface area contributed by atoms with Gasteiger partial charge < -0.3 is 29.3 Å². The van der Waals surface area contributed by atoms with Gasteiger partial charge in [0.05, 0.1) is 13.7 Å². The van der Waals surface area contributed by atoms with Crippen molar-refractivity contribution in [3.8, 4) is 11.5 Å². The molecule has 1 saturated heterocycles. The molecule has 2 aliphatic heterocycles. The first-order valence-electron chi connectivity index (χ1n) is 9.79. The summed E-state index contributed by atoms with van der Waals surface area (Å²) in [6.45, 7) is 7.52. The largest absolute Gasteiger partial charge is 0.496 e. The molecule has 8 heteroatoms. The highest BCUT2D eigenvalue weighted by Gasteiger charge is 2.25. The van der Waals surface area contributed by atoms with Crippen molar-refractivity contribution in [2.45, 2.75) is 32.9 Å². The van der Waals surface area contributed by atoms with Crippen LogP contribution in [0, 0.1) is 0 Å². The molecule has 0 bridgehead atoms. The molecule has 0 radical (unpaired) electrons. The predicted octanol–water partition coefficient (Wildman–Crippen LogP) is 1.87. The first-order valence-corrected chi connectivity index (χ1v) is 9.79. The van der Waals surface area contributed by atoms with Gasteiger partial charge in [0, 0.05) is 57.3 Å². The van der Waals surface area contributed by atoms with Crippen molar-refractivity contribution in [1.82, 2.24) is 15.1 Å². The Morgan fingerprint density at radius 1 is 1.29 bits per heavy atom. The second kappa shape index (κ2) is 9.03. The van der Waals surface area contributed by atoms with Crippen LogP contribution in [0.1, 0.15) is 25.0 Å². The molecule has 0 saturated carbocycles. The molecule has 1 unspecified atom stereocenters. The first kappa shape index (κ1) is 20.1. The van der Waals surface area contributed by atoms with Gasteiger partial charge in [0.2, 0.25) is 0 Å². The molecule has 0 aromatic heterocycles. The zero-order valence-electron chi connectivity index (χ0n) is 17.2. The Labute approximate surface area is 166 Å². The SMILES string of the molecule is CCOC(=O)N1CCN(C(=NC)NCc2cc3c(cc2OC)CC(C)O3)CC1. The number of carbonyl (C=O) groups excluding carboxylic acids is 1. The van der Waals surface area contributed by atoms with E-state index in [1.807, 2.05) is 6.92 Å². The highest BCUT2D eigenvalue weighted by molar-refractivity contribution is 5.80. The topological polar surface area (TPSA) is 75.6 Å². The van der Waals surface area contributed by atoms with Crippen molar-refractivity contribution >= 4 is 12.1 Å². The van der Waals surface area contributed by atoms with Gasteiger partial charge in [0.15, 0.2) is 5.96 Å². The summed E-state index contributed by atoms with van der Waals surface area (Å²) in [4.78, 5) is 20.1. The number of carbonyl (C=O) groups is 1. The molecule has 1 N–H and O–H groups in total. The summed E-state index contributed by atoms with van der Waals surface area (Å²) in [6, 6.07) is 4.12. The smallest absolute Gasteiger partial charge is 0.409 e. The lowest BCUT2D eigenvalue weighted by Gasteiger charge is -2.35. The molecule has 2 aliphatic rings. The van der Waals surface area contributed by atoms with Crippen LogP contribution < -0.4 is 14.8 Å². The van der Waals surface area contributed by atoms with E-state index in [-0.39, 0.29) is 12.2 Å². The number of guanidine groups is 1. The highest BCUT2D eigenvalue weighted by Crippen LogP contribution is 2.34. The fraction of sp³-hybridized carbons (Fsp3) is 0.600. The van der Waals surface area contributed by atoms with E-state index in [2.05, 4.69) is 34.3 Å². The van der Waals surface area contributed by atoms with Crippen LogP contribution in [-0.2, 0) is 17.7 Å². The average molecular weight is 390 g/mol. The minimum Gasteiger partial charge on any atom is -0.496 e. The molecule has 0 aliphatic carbocycles. The number of ether oxygens (including phenoxy) is 3. The standard InChI is InChI=1S/C20H30N4O4/c1-5-27-20(25)24-8-6-23(7-9-24)19(21-3)22-13-16-12-18-15(10-14(2)28-18)11-17(16)26-4/h11-12,14H,5-10,13H2,1-4H3,(H,21,22). The summed E-state index contributed by atoms with van der Waals surface area (Å²) in [5.74, 6) is 2.59. The van der Waals surface area contributed by atoms with E-state index in [9.17, 15) is 4.79 Å². The van der Waals surface area contributed by atoms with Crippen molar-refractivity contribution in [2.75, 3.05) is 46.9 Å². The lowest BCUT2D eigenvalue weighted by molar-refractivity contribution is 0.0914. The van der Waals surface area contributed by atoms with Crippen LogP contribution in [0.2, 0.25) is 0 Å². The number of benzene rings is 1. The maximum Gasteiger partial charge on any atom is 0.409 e. The zero-order valence-corrected chi connectivity index (χ0v) is 17.2. The van der Waals surface area contributed by atoms with Gasteiger partial charge in [-0.1, -0.05) is 0 Å². The second-order valence-electron chi connectivity index (χ2n) is 6.98. The van der Waals surface area contributed by atoms with Crippen LogP contribution in [0.15, 0.2) is 17.1 Å². The number of hydrogen-bond acceptors (Lipinski definition) is 5. The number of rotatable bonds is 4. The Bertz CT molecular complexity index is 729. The summed E-state index contributed by atoms with van der Waals surface area (Å²) in [6.07, 6.45) is 0.861. The predicted molar refractivity (Wildman–Crippen MR) is 107 cm³/mol. The van der Waals surface area contributed by atoms with E-state index in [1.165, 1.54) is 5.56 Å². The molecule has 28 heavy (non-hydrogen) atoms. The van der Waals surface area contributed by atoms with Crippen LogP contribution in [-0.4, -0.2) is 74.9 Å². The third kappa shape index (κ3) is 4.43. The molecule has 1 amide bonds. The van der Waals surface area contributed by atoms with Gasteiger partial charge in [-0.3, -0.25) is 4.99 Å². The number of nitrogens with zero attached hydrogens (tertiary/aromatic N) is 3. The third-order valence-electron chi connectivity index (χ3n) is 5.05. The van der Waals surface area contributed by atoms with Gasteiger partial charge in [0.25, 0.3) is 0 Å². The molecule has 1 atom stereocenters. The van der Waals surface area contributed by atoms with Crippen molar-refractivity contribution in [2.24, 2.45) is 4.99 Å². The number of amides is 1. The Kier molecular flexibility index (Phi) is 6.49. The summed E-state index contributed by atoms with van der Waals surface area (Å²) >= 11 is 0. The number of aliphatic imine (C=N–C) groups is 1. The summed E-state index contributed by atoms with van der Waals surface area (Å²) in [5, 5.41) is 3.41. The van der Waals surface area contributed by atoms with Crippen LogP contribution in [0.5, 0.6) is 11.5 Å². The Morgan fingerprint density at radius 3 is 2.64 bits per heavy atom. The van der Waals surface area contributed by atoms with Crippen LogP contribution >= 0.6 is 0 Å². The summed E-state index contributed by atoms with van der Waals surface area (Å²) < 4.78 is 16.5. The average Bonchev–Trinajstić information content (AvgIpc) is 3.07. The minimum atomic E-state index is -0.248. The van der Waals surface area contributed by atoms with E-state index in [4.69, 9.17) is 14.2 Å². The maximum atomic E-state index is 11.9. The van der Waals surface area contributed by atoms with Gasteiger partial charge in [-0.05, 0) is 26.0 Å². The van der Waals surface area contributed by atoms with Gasteiger partial charge >= 0.3 is 6.09 Å². The highest BCUT2D eigenvalue weighted by atomic mass is 16.6. The van der Waals surface area contributed by atoms with Crippen LogP contribution in [0.25, 0.3) is 0 Å². The monoisotopic (exact) mass is 390 g/mol. The second-order valence-corrected chi connectivity index (χ2v) is 6.98. The molecular weight excluding hydrogens is 360 g/mol. The van der Waals surface area contributed by atoms with Gasteiger partial charge in [-0.25, -0.2) is 4.79 Å². The molecule has 154 valence electrons. The Balaban J connectivity index is 1.60. The quantitative estimate of drug-likeness (QED) is 0.625. The van der Waals surface area contributed by atoms with Crippen molar-refractivity contribution in [1.29, 1.82) is 0 Å². The number of methoxy groups -OCH3 is 1. The van der Waals surface area contributed by atoms with E-state index >= 15 is 0 Å².